The number of hydrogen-bond acceptors (Lipinski definition) is 1. The average Bonchev–Trinajstić information content (AvgIpc) is 2.30. The van der Waals surface area contributed by atoms with Crippen molar-refractivity contribution in [3.05, 3.63) is 0 Å². The van der Waals surface area contributed by atoms with E-state index in [2.05, 4.69) is 6.92 Å². The Morgan fingerprint density at radius 1 is 0.889 bits per heavy atom. The van der Waals surface area contributed by atoms with Crippen molar-refractivity contribution in [3.63, 3.8) is 0 Å². The number of hydrogen-bond donors (Lipinski definition) is 0. The van der Waals surface area contributed by atoms with E-state index < -0.39 is 12.2 Å². The van der Waals surface area contributed by atoms with Crippen molar-refractivity contribution in [3.8, 4) is 0 Å². The summed E-state index contributed by atoms with van der Waals surface area (Å²) in [6, 6.07) is -1.33. The van der Waals surface area contributed by atoms with Gasteiger partial charge in [0, 0.05) is 0 Å². The summed E-state index contributed by atoms with van der Waals surface area (Å²) in [5.74, 6) is 0. The van der Waals surface area contributed by atoms with Gasteiger partial charge < -0.3 is 0 Å². The highest BCUT2D eigenvalue weighted by molar-refractivity contribution is 4.71. The second-order valence-corrected chi connectivity index (χ2v) is 5.17. The monoisotopic (exact) mass is 267 g/mol. The molecule has 0 aliphatic heterocycles. The van der Waals surface area contributed by atoms with Gasteiger partial charge in [0.1, 0.15) is 6.04 Å². The molecule has 0 heterocycles. The topological polar surface area (TPSA) is 3.24 Å². The normalized spacial score (nSPS) is 14.2. The number of halogens is 3. The summed E-state index contributed by atoms with van der Waals surface area (Å²) in [6.07, 6.45) is 5.28. The highest BCUT2D eigenvalue weighted by atomic mass is 19.4. The maximum Gasteiger partial charge on any atom is 0.403 e. The molecule has 1 unspecified atom stereocenters. The van der Waals surface area contributed by atoms with E-state index in [0.29, 0.717) is 6.54 Å². The molecule has 0 radical (unpaired) electrons. The second-order valence-electron chi connectivity index (χ2n) is 5.17. The van der Waals surface area contributed by atoms with Gasteiger partial charge in [-0.3, -0.25) is 4.90 Å². The van der Waals surface area contributed by atoms with E-state index in [9.17, 15) is 13.2 Å². The Kier molecular flexibility index (Phi) is 9.52. The Morgan fingerprint density at radius 3 is 1.78 bits per heavy atom. The standard InChI is InChI=1S/C14H28F3N/c1-4-5-6-7-8-9-10-11-12-18(3)13(2)14(15,16)17/h13H,4-12H2,1-3H3. The van der Waals surface area contributed by atoms with Gasteiger partial charge in [-0.2, -0.15) is 13.2 Å². The van der Waals surface area contributed by atoms with Crippen LogP contribution in [0.2, 0.25) is 0 Å². The fourth-order valence-electron chi connectivity index (χ4n) is 1.94. The maximum absolute atomic E-state index is 12.4. The van der Waals surface area contributed by atoms with Crippen LogP contribution in [0.25, 0.3) is 0 Å². The van der Waals surface area contributed by atoms with Gasteiger partial charge >= 0.3 is 6.18 Å². The van der Waals surface area contributed by atoms with Gasteiger partial charge in [-0.25, -0.2) is 0 Å². The molecule has 0 fully saturated rings. The SMILES string of the molecule is CCCCCCCCCCN(C)C(C)C(F)(F)F. The van der Waals surface area contributed by atoms with Crippen molar-refractivity contribution in [2.24, 2.45) is 0 Å². The van der Waals surface area contributed by atoms with Crippen LogP contribution >= 0.6 is 0 Å². The van der Waals surface area contributed by atoms with Crippen LogP contribution in [-0.2, 0) is 0 Å². The third-order valence-electron chi connectivity index (χ3n) is 3.50. The molecule has 0 aromatic rings. The van der Waals surface area contributed by atoms with E-state index in [0.717, 1.165) is 19.3 Å². The summed E-state index contributed by atoms with van der Waals surface area (Å²) in [5.41, 5.74) is 0. The first-order valence-electron chi connectivity index (χ1n) is 7.16. The highest BCUT2D eigenvalue weighted by Crippen LogP contribution is 2.23. The minimum Gasteiger partial charge on any atom is -0.296 e. The molecule has 0 aliphatic carbocycles. The molecule has 0 aromatic heterocycles. The molecule has 0 N–H and O–H groups in total. The van der Waals surface area contributed by atoms with Gasteiger partial charge in [-0.05, 0) is 26.9 Å². The zero-order valence-electron chi connectivity index (χ0n) is 12.0. The molecular formula is C14H28F3N. The summed E-state index contributed by atoms with van der Waals surface area (Å²) in [5, 5.41) is 0. The van der Waals surface area contributed by atoms with E-state index in [1.54, 1.807) is 7.05 Å². The summed E-state index contributed by atoms with van der Waals surface area (Å²) >= 11 is 0. The van der Waals surface area contributed by atoms with Crippen LogP contribution in [0.5, 0.6) is 0 Å². The van der Waals surface area contributed by atoms with Crippen LogP contribution in [-0.4, -0.2) is 30.7 Å². The quantitative estimate of drug-likeness (QED) is 0.503. The van der Waals surface area contributed by atoms with Crippen molar-refractivity contribution >= 4 is 0 Å². The van der Waals surface area contributed by atoms with Crippen molar-refractivity contribution in [1.29, 1.82) is 0 Å². The third-order valence-corrected chi connectivity index (χ3v) is 3.50. The van der Waals surface area contributed by atoms with Gasteiger partial charge in [0.25, 0.3) is 0 Å². The van der Waals surface area contributed by atoms with E-state index in [4.69, 9.17) is 0 Å². The lowest BCUT2D eigenvalue weighted by molar-refractivity contribution is -0.175. The van der Waals surface area contributed by atoms with Crippen molar-refractivity contribution in [2.75, 3.05) is 13.6 Å². The zero-order valence-corrected chi connectivity index (χ0v) is 12.0. The van der Waals surface area contributed by atoms with Crippen molar-refractivity contribution in [1.82, 2.24) is 4.90 Å². The number of unbranched alkanes of at least 4 members (excludes halogenated alkanes) is 7. The van der Waals surface area contributed by atoms with Gasteiger partial charge in [0.05, 0.1) is 0 Å². The molecule has 0 aliphatic rings. The Bertz CT molecular complexity index is 192. The predicted octanol–water partition coefficient (Wildman–Crippen LogP) is 5.01. The molecule has 0 bridgehead atoms. The first-order valence-corrected chi connectivity index (χ1v) is 7.16. The molecule has 1 nitrogen and oxygen atoms in total. The smallest absolute Gasteiger partial charge is 0.296 e. The Balaban J connectivity index is 3.43. The minimum absolute atomic E-state index is 0.537. The Morgan fingerprint density at radius 2 is 1.33 bits per heavy atom. The lowest BCUT2D eigenvalue weighted by Gasteiger charge is -2.26. The fraction of sp³-hybridized carbons (Fsp3) is 1.00. The van der Waals surface area contributed by atoms with E-state index >= 15 is 0 Å². The third kappa shape index (κ3) is 8.78. The van der Waals surface area contributed by atoms with Crippen molar-refractivity contribution < 1.29 is 13.2 Å². The number of nitrogens with zero attached hydrogens (tertiary/aromatic N) is 1. The number of rotatable bonds is 10. The van der Waals surface area contributed by atoms with Crippen LogP contribution < -0.4 is 0 Å². The number of alkyl halides is 3. The van der Waals surface area contributed by atoms with Crippen LogP contribution in [0.1, 0.15) is 65.2 Å². The summed E-state index contributed by atoms with van der Waals surface area (Å²) < 4.78 is 37.2. The molecule has 0 saturated heterocycles. The highest BCUT2D eigenvalue weighted by Gasteiger charge is 2.38. The minimum atomic E-state index is -4.10. The molecule has 110 valence electrons. The van der Waals surface area contributed by atoms with Crippen LogP contribution in [0.4, 0.5) is 13.2 Å². The fourth-order valence-corrected chi connectivity index (χ4v) is 1.94. The lowest BCUT2D eigenvalue weighted by atomic mass is 10.1. The predicted molar refractivity (Wildman–Crippen MR) is 70.8 cm³/mol. The molecule has 0 saturated carbocycles. The Labute approximate surface area is 110 Å². The van der Waals surface area contributed by atoms with Crippen LogP contribution in [0, 0.1) is 0 Å². The molecule has 0 aromatic carbocycles. The first-order chi connectivity index (χ1) is 8.39. The van der Waals surface area contributed by atoms with E-state index in [1.165, 1.54) is 43.9 Å². The molecular weight excluding hydrogens is 239 g/mol. The molecule has 4 heteroatoms. The van der Waals surface area contributed by atoms with Gasteiger partial charge in [0.15, 0.2) is 0 Å². The maximum atomic E-state index is 12.4. The second kappa shape index (κ2) is 9.65. The lowest BCUT2D eigenvalue weighted by Crippen LogP contribution is -2.41. The van der Waals surface area contributed by atoms with Gasteiger partial charge in [0.2, 0.25) is 0 Å². The van der Waals surface area contributed by atoms with Crippen LogP contribution in [0.3, 0.4) is 0 Å². The largest absolute Gasteiger partial charge is 0.403 e. The molecule has 18 heavy (non-hydrogen) atoms. The Hall–Kier alpha value is -0.250. The summed E-state index contributed by atoms with van der Waals surface area (Å²) in [4.78, 5) is 1.40. The molecule has 0 spiro atoms. The van der Waals surface area contributed by atoms with Gasteiger partial charge in [-0.1, -0.05) is 51.9 Å². The van der Waals surface area contributed by atoms with Crippen LogP contribution in [0.15, 0.2) is 0 Å². The molecule has 1 atom stereocenters. The molecule has 0 amide bonds. The van der Waals surface area contributed by atoms with Gasteiger partial charge in [-0.15, -0.1) is 0 Å². The average molecular weight is 267 g/mol. The first kappa shape index (κ1) is 17.8. The van der Waals surface area contributed by atoms with E-state index in [-0.39, 0.29) is 0 Å². The van der Waals surface area contributed by atoms with Crippen molar-refractivity contribution in [2.45, 2.75) is 77.4 Å². The van der Waals surface area contributed by atoms with E-state index in [1.807, 2.05) is 0 Å². The molecule has 0 rings (SSSR count). The zero-order chi connectivity index (χ0) is 14.0. The summed E-state index contributed by atoms with van der Waals surface area (Å²) in [7, 11) is 1.55. The summed E-state index contributed by atoms with van der Waals surface area (Å²) in [6.45, 7) is 3.96.